The molecule has 4 nitrogen and oxygen atoms in total. The molecule has 0 bridgehead atoms. The van der Waals surface area contributed by atoms with Crippen molar-refractivity contribution in [3.8, 4) is 0 Å². The van der Waals surface area contributed by atoms with Crippen LogP contribution in [0.2, 0.25) is 0 Å². The predicted molar refractivity (Wildman–Crippen MR) is 77.9 cm³/mol. The zero-order valence-electron chi connectivity index (χ0n) is 11.6. The molecule has 0 unspecified atom stereocenters. The maximum Gasteiger partial charge on any atom is 0.335 e. The molecule has 0 radical (unpaired) electrons. The van der Waals surface area contributed by atoms with E-state index in [2.05, 4.69) is 11.4 Å². The summed E-state index contributed by atoms with van der Waals surface area (Å²) in [5, 5.41) is 11.8. The van der Waals surface area contributed by atoms with E-state index in [1.54, 1.807) is 19.1 Å². The Morgan fingerprint density at radius 1 is 1.30 bits per heavy atom. The number of rotatable bonds is 4. The van der Waals surface area contributed by atoms with E-state index in [4.69, 9.17) is 5.11 Å². The molecule has 1 aromatic rings. The number of carbonyl (C=O) groups is 2. The first-order chi connectivity index (χ1) is 9.56. The molecule has 0 atom stereocenters. The van der Waals surface area contributed by atoms with Gasteiger partial charge in [0.05, 0.1) is 5.56 Å². The van der Waals surface area contributed by atoms with Crippen LogP contribution in [0.25, 0.3) is 0 Å². The van der Waals surface area contributed by atoms with E-state index in [0.717, 1.165) is 19.3 Å². The van der Waals surface area contributed by atoms with Gasteiger partial charge in [0.15, 0.2) is 0 Å². The first-order valence-electron chi connectivity index (χ1n) is 6.88. The Balaban J connectivity index is 1.99. The van der Waals surface area contributed by atoms with Crippen LogP contribution in [-0.2, 0) is 4.79 Å². The minimum atomic E-state index is -0.951. The molecule has 0 aliphatic heterocycles. The van der Waals surface area contributed by atoms with Crippen LogP contribution in [0.15, 0.2) is 29.8 Å². The average molecular weight is 273 g/mol. The first kappa shape index (κ1) is 14.3. The van der Waals surface area contributed by atoms with Gasteiger partial charge in [0, 0.05) is 12.1 Å². The number of carboxylic acids is 1. The minimum absolute atomic E-state index is 0.0411. The van der Waals surface area contributed by atoms with Crippen molar-refractivity contribution in [2.75, 3.05) is 5.32 Å². The summed E-state index contributed by atoms with van der Waals surface area (Å²) < 4.78 is 0. The third-order valence-electron chi connectivity index (χ3n) is 3.51. The molecule has 1 amide bonds. The number of aromatic carboxylic acids is 1. The summed E-state index contributed by atoms with van der Waals surface area (Å²) in [5.41, 5.74) is 2.76. The molecule has 2 N–H and O–H groups in total. The van der Waals surface area contributed by atoms with Crippen LogP contribution in [0.3, 0.4) is 0 Å². The van der Waals surface area contributed by atoms with Crippen LogP contribution in [0.4, 0.5) is 5.69 Å². The number of carboxylic acid groups (broad SMARTS) is 1. The zero-order valence-corrected chi connectivity index (χ0v) is 11.6. The Kier molecular flexibility index (Phi) is 4.56. The zero-order chi connectivity index (χ0) is 14.5. The van der Waals surface area contributed by atoms with Crippen molar-refractivity contribution in [1.29, 1.82) is 0 Å². The van der Waals surface area contributed by atoms with Gasteiger partial charge in [-0.1, -0.05) is 11.6 Å². The molecule has 0 heterocycles. The number of aryl methyl sites for hydroxylation is 1. The second kappa shape index (κ2) is 6.37. The lowest BCUT2D eigenvalue weighted by Crippen LogP contribution is -2.13. The minimum Gasteiger partial charge on any atom is -0.478 e. The third-order valence-corrected chi connectivity index (χ3v) is 3.51. The fourth-order valence-corrected chi connectivity index (χ4v) is 2.46. The summed E-state index contributed by atoms with van der Waals surface area (Å²) in [6.45, 7) is 1.72. The Morgan fingerprint density at radius 3 is 2.70 bits per heavy atom. The molecule has 1 aromatic carbocycles. The highest BCUT2D eigenvalue weighted by Gasteiger charge is 2.11. The molecule has 0 fully saturated rings. The molecule has 0 spiro atoms. The average Bonchev–Trinajstić information content (AvgIpc) is 2.39. The molecular formula is C16H19NO3. The predicted octanol–water partition coefficient (Wildman–Crippen LogP) is 3.52. The molecule has 4 heteroatoms. The maximum absolute atomic E-state index is 11.9. The SMILES string of the molecule is Cc1cc(NC(=O)CC2=CCCCC2)ccc1C(=O)O. The highest BCUT2D eigenvalue weighted by Crippen LogP contribution is 2.21. The molecule has 0 aromatic heterocycles. The van der Waals surface area contributed by atoms with E-state index in [9.17, 15) is 9.59 Å². The highest BCUT2D eigenvalue weighted by atomic mass is 16.4. The maximum atomic E-state index is 11.9. The number of benzene rings is 1. The van der Waals surface area contributed by atoms with E-state index < -0.39 is 5.97 Å². The summed E-state index contributed by atoms with van der Waals surface area (Å²) in [6.07, 6.45) is 7.02. The van der Waals surface area contributed by atoms with Crippen molar-refractivity contribution in [3.05, 3.63) is 41.0 Å². The summed E-state index contributed by atoms with van der Waals surface area (Å²) in [5.74, 6) is -0.992. The van der Waals surface area contributed by atoms with E-state index in [0.29, 0.717) is 17.7 Å². The van der Waals surface area contributed by atoms with Gasteiger partial charge < -0.3 is 10.4 Å². The fraction of sp³-hybridized carbons (Fsp3) is 0.375. The standard InChI is InChI=1S/C16H19NO3/c1-11-9-13(7-8-14(11)16(19)20)17-15(18)10-12-5-3-2-4-6-12/h5,7-9H,2-4,6,10H2,1H3,(H,17,18)(H,19,20). The van der Waals surface area contributed by atoms with Crippen molar-refractivity contribution in [3.63, 3.8) is 0 Å². The van der Waals surface area contributed by atoms with E-state index >= 15 is 0 Å². The van der Waals surface area contributed by atoms with Crippen LogP contribution in [0.5, 0.6) is 0 Å². The lowest BCUT2D eigenvalue weighted by Gasteiger charge is -2.13. The highest BCUT2D eigenvalue weighted by molar-refractivity contribution is 5.94. The normalized spacial score (nSPS) is 14.6. The largest absolute Gasteiger partial charge is 0.478 e. The van der Waals surface area contributed by atoms with Crippen molar-refractivity contribution in [1.82, 2.24) is 0 Å². The molecule has 106 valence electrons. The van der Waals surface area contributed by atoms with Gasteiger partial charge in [-0.2, -0.15) is 0 Å². The van der Waals surface area contributed by atoms with Crippen molar-refractivity contribution in [2.45, 2.75) is 39.0 Å². The van der Waals surface area contributed by atoms with Gasteiger partial charge in [-0.3, -0.25) is 4.79 Å². The van der Waals surface area contributed by atoms with Crippen molar-refractivity contribution < 1.29 is 14.7 Å². The molecule has 0 saturated carbocycles. The summed E-state index contributed by atoms with van der Waals surface area (Å²) in [6, 6.07) is 4.84. The number of hydrogen-bond donors (Lipinski definition) is 2. The second-order valence-electron chi connectivity index (χ2n) is 5.17. The molecule has 2 rings (SSSR count). The Hall–Kier alpha value is -2.10. The van der Waals surface area contributed by atoms with E-state index in [1.165, 1.54) is 18.1 Å². The van der Waals surface area contributed by atoms with Crippen LogP contribution in [-0.4, -0.2) is 17.0 Å². The molecule has 0 saturated heterocycles. The first-order valence-corrected chi connectivity index (χ1v) is 6.88. The van der Waals surface area contributed by atoms with Gasteiger partial charge in [0.2, 0.25) is 5.91 Å². The van der Waals surface area contributed by atoms with Gasteiger partial charge in [-0.25, -0.2) is 4.79 Å². The van der Waals surface area contributed by atoms with Crippen LogP contribution >= 0.6 is 0 Å². The number of carbonyl (C=O) groups excluding carboxylic acids is 1. The number of nitrogens with one attached hydrogen (secondary N) is 1. The molecule has 1 aliphatic carbocycles. The van der Waals surface area contributed by atoms with E-state index in [1.807, 2.05) is 0 Å². The van der Waals surface area contributed by atoms with Gasteiger partial charge in [0.1, 0.15) is 0 Å². The third kappa shape index (κ3) is 3.70. The quantitative estimate of drug-likeness (QED) is 0.825. The fourth-order valence-electron chi connectivity index (χ4n) is 2.46. The lowest BCUT2D eigenvalue weighted by molar-refractivity contribution is -0.115. The summed E-state index contributed by atoms with van der Waals surface area (Å²) in [7, 11) is 0. The van der Waals surface area contributed by atoms with Crippen molar-refractivity contribution >= 4 is 17.6 Å². The van der Waals surface area contributed by atoms with E-state index in [-0.39, 0.29) is 11.5 Å². The van der Waals surface area contributed by atoms with Gasteiger partial charge in [-0.05, 0) is 56.4 Å². The van der Waals surface area contributed by atoms with Crippen LogP contribution in [0.1, 0.15) is 48.0 Å². The molecular weight excluding hydrogens is 254 g/mol. The lowest BCUT2D eigenvalue weighted by atomic mass is 9.97. The Labute approximate surface area is 118 Å². The van der Waals surface area contributed by atoms with Crippen molar-refractivity contribution in [2.24, 2.45) is 0 Å². The van der Waals surface area contributed by atoms with Crippen LogP contribution < -0.4 is 5.32 Å². The Bertz CT molecular complexity index is 561. The number of anilines is 1. The topological polar surface area (TPSA) is 66.4 Å². The monoisotopic (exact) mass is 273 g/mol. The van der Waals surface area contributed by atoms with Crippen LogP contribution in [0, 0.1) is 6.92 Å². The summed E-state index contributed by atoms with van der Waals surface area (Å²) in [4.78, 5) is 22.9. The number of hydrogen-bond acceptors (Lipinski definition) is 2. The molecule has 20 heavy (non-hydrogen) atoms. The molecule has 1 aliphatic rings. The number of amides is 1. The smallest absolute Gasteiger partial charge is 0.335 e. The Morgan fingerprint density at radius 2 is 2.10 bits per heavy atom. The number of allylic oxidation sites excluding steroid dienone is 1. The second-order valence-corrected chi connectivity index (χ2v) is 5.17. The van der Waals surface area contributed by atoms with Gasteiger partial charge in [0.25, 0.3) is 0 Å². The van der Waals surface area contributed by atoms with Gasteiger partial charge >= 0.3 is 5.97 Å². The summed E-state index contributed by atoms with van der Waals surface area (Å²) >= 11 is 0. The van der Waals surface area contributed by atoms with Gasteiger partial charge in [-0.15, -0.1) is 0 Å².